The Morgan fingerprint density at radius 2 is 1.29 bits per heavy atom. The SMILES string of the molecule is CCOC(=O)C[C@@H]1O[C@H](CN)[C@@H](O[Si](CC)(CC)CC)[C@H](O[Si](CC)(CC)CC)C1NC(C)=O. The molecule has 1 saturated heterocycles. The molecule has 1 amide bonds. The zero-order valence-electron chi connectivity index (χ0n) is 22.8. The van der Waals surface area contributed by atoms with E-state index in [1.165, 1.54) is 6.92 Å². The van der Waals surface area contributed by atoms with E-state index in [4.69, 9.17) is 24.1 Å². The summed E-state index contributed by atoms with van der Waals surface area (Å²) in [6.45, 7) is 16.9. The molecule has 0 radical (unpaired) electrons. The van der Waals surface area contributed by atoms with Gasteiger partial charge in [-0.1, -0.05) is 41.5 Å². The number of nitrogens with two attached hydrogens (primary N) is 1. The lowest BCUT2D eigenvalue weighted by Crippen LogP contribution is -2.69. The van der Waals surface area contributed by atoms with E-state index in [-0.39, 0.29) is 31.4 Å². The summed E-state index contributed by atoms with van der Waals surface area (Å²) in [5, 5.41) is 3.06. The zero-order valence-corrected chi connectivity index (χ0v) is 24.8. The Morgan fingerprint density at radius 1 is 0.824 bits per heavy atom. The summed E-state index contributed by atoms with van der Waals surface area (Å²) in [5.74, 6) is -0.552. The first-order valence-electron chi connectivity index (χ1n) is 13.3. The second-order valence-electron chi connectivity index (χ2n) is 9.34. The fraction of sp³-hybridized carbons (Fsp3) is 0.917. The molecule has 1 rings (SSSR count). The number of amides is 1. The predicted octanol–water partition coefficient (Wildman–Crippen LogP) is 3.95. The molecule has 200 valence electrons. The molecular formula is C24H50N2O6Si2. The van der Waals surface area contributed by atoms with Gasteiger partial charge in [0, 0.05) is 13.5 Å². The largest absolute Gasteiger partial charge is 0.466 e. The summed E-state index contributed by atoms with van der Waals surface area (Å²) >= 11 is 0. The predicted molar refractivity (Wildman–Crippen MR) is 141 cm³/mol. The maximum absolute atomic E-state index is 12.4. The summed E-state index contributed by atoms with van der Waals surface area (Å²) < 4.78 is 25.7. The van der Waals surface area contributed by atoms with Crippen LogP contribution >= 0.6 is 0 Å². The first-order valence-corrected chi connectivity index (χ1v) is 18.3. The third kappa shape index (κ3) is 7.86. The third-order valence-corrected chi connectivity index (χ3v) is 17.0. The van der Waals surface area contributed by atoms with Crippen LogP contribution in [0, 0.1) is 0 Å². The van der Waals surface area contributed by atoms with Crippen LogP contribution in [0.1, 0.15) is 61.8 Å². The Bertz CT molecular complexity index is 614. The highest BCUT2D eigenvalue weighted by Crippen LogP contribution is 2.36. The van der Waals surface area contributed by atoms with Gasteiger partial charge in [-0.05, 0) is 43.2 Å². The number of nitrogens with one attached hydrogen (secondary N) is 1. The normalized spacial score (nSPS) is 25.7. The standard InChI is InChI=1S/C24H50N2O6Si2/c1-9-29-21(28)16-19-22(26-18(8)27)24(32-34(13-5,14-6)15-7)23(20(17-25)30-19)31-33(10-2,11-3)12-4/h19-20,22-24H,9-17,25H2,1-8H3,(H,26,27)/t19-,20+,22?,23+,24+/m0/s1. The van der Waals surface area contributed by atoms with Gasteiger partial charge in [0.25, 0.3) is 0 Å². The van der Waals surface area contributed by atoms with E-state index < -0.39 is 47.1 Å². The van der Waals surface area contributed by atoms with E-state index in [0.29, 0.717) is 0 Å². The third-order valence-electron chi connectivity index (χ3n) is 7.71. The molecule has 1 fully saturated rings. The van der Waals surface area contributed by atoms with Gasteiger partial charge in [-0.15, -0.1) is 0 Å². The fourth-order valence-electron chi connectivity index (χ4n) is 5.03. The molecule has 1 aliphatic rings. The van der Waals surface area contributed by atoms with Crippen molar-refractivity contribution in [2.75, 3.05) is 13.2 Å². The molecule has 0 bridgehead atoms. The molecule has 1 aliphatic heterocycles. The lowest BCUT2D eigenvalue weighted by molar-refractivity contribution is -0.182. The first-order chi connectivity index (χ1) is 16.1. The highest BCUT2D eigenvalue weighted by atomic mass is 28.4. The van der Waals surface area contributed by atoms with Crippen LogP contribution in [-0.4, -0.2) is 72.1 Å². The number of carbonyl (C=O) groups is 2. The van der Waals surface area contributed by atoms with Crippen molar-refractivity contribution in [2.24, 2.45) is 5.73 Å². The van der Waals surface area contributed by atoms with E-state index in [9.17, 15) is 9.59 Å². The molecule has 10 heteroatoms. The molecule has 0 aliphatic carbocycles. The van der Waals surface area contributed by atoms with Crippen molar-refractivity contribution in [3.63, 3.8) is 0 Å². The Balaban J connectivity index is 3.57. The van der Waals surface area contributed by atoms with Gasteiger partial charge in [-0.25, -0.2) is 0 Å². The Morgan fingerprint density at radius 3 is 1.68 bits per heavy atom. The minimum Gasteiger partial charge on any atom is -0.466 e. The van der Waals surface area contributed by atoms with Crippen molar-refractivity contribution in [3.05, 3.63) is 0 Å². The van der Waals surface area contributed by atoms with Gasteiger partial charge < -0.3 is 29.4 Å². The summed E-state index contributed by atoms with van der Waals surface area (Å²) in [4.78, 5) is 24.8. The number of ether oxygens (including phenoxy) is 2. The van der Waals surface area contributed by atoms with Crippen LogP contribution in [-0.2, 0) is 27.9 Å². The van der Waals surface area contributed by atoms with Crippen LogP contribution < -0.4 is 11.1 Å². The van der Waals surface area contributed by atoms with E-state index in [1.54, 1.807) is 6.92 Å². The molecule has 0 aromatic heterocycles. The molecule has 0 aromatic rings. The molecule has 5 atom stereocenters. The Hall–Kier alpha value is -0.786. The molecule has 3 N–H and O–H groups in total. The minimum absolute atomic E-state index is 0.0265. The smallest absolute Gasteiger partial charge is 0.308 e. The van der Waals surface area contributed by atoms with Crippen LogP contribution in [0.25, 0.3) is 0 Å². The maximum atomic E-state index is 12.4. The second kappa shape index (κ2) is 14.7. The molecule has 0 aromatic carbocycles. The lowest BCUT2D eigenvalue weighted by Gasteiger charge is -2.51. The lowest BCUT2D eigenvalue weighted by atomic mass is 9.91. The van der Waals surface area contributed by atoms with Crippen molar-refractivity contribution in [1.82, 2.24) is 5.32 Å². The van der Waals surface area contributed by atoms with Gasteiger partial charge in [0.05, 0.1) is 43.5 Å². The van der Waals surface area contributed by atoms with Crippen LogP contribution in [0.2, 0.25) is 36.3 Å². The molecular weight excluding hydrogens is 468 g/mol. The fourth-order valence-corrected chi connectivity index (χ4v) is 10.8. The summed E-state index contributed by atoms with van der Waals surface area (Å²) in [6.07, 6.45) is -1.83. The molecule has 0 saturated carbocycles. The van der Waals surface area contributed by atoms with Crippen molar-refractivity contribution in [3.8, 4) is 0 Å². The second-order valence-corrected chi connectivity index (χ2v) is 18.8. The highest BCUT2D eigenvalue weighted by molar-refractivity contribution is 6.74. The van der Waals surface area contributed by atoms with Crippen molar-refractivity contribution in [1.29, 1.82) is 0 Å². The highest BCUT2D eigenvalue weighted by Gasteiger charge is 2.52. The topological polar surface area (TPSA) is 109 Å². The Kier molecular flexibility index (Phi) is 13.5. The summed E-state index contributed by atoms with van der Waals surface area (Å²) in [7, 11) is -4.15. The maximum Gasteiger partial charge on any atom is 0.308 e. The summed E-state index contributed by atoms with van der Waals surface area (Å²) in [6, 6.07) is 5.31. The number of carbonyl (C=O) groups excluding carboxylic acids is 2. The van der Waals surface area contributed by atoms with Gasteiger partial charge in [-0.3, -0.25) is 9.59 Å². The number of rotatable bonds is 15. The van der Waals surface area contributed by atoms with Crippen molar-refractivity contribution in [2.45, 2.75) is 129 Å². The van der Waals surface area contributed by atoms with E-state index >= 15 is 0 Å². The molecule has 0 spiro atoms. The average molecular weight is 519 g/mol. The zero-order chi connectivity index (χ0) is 25.9. The van der Waals surface area contributed by atoms with Crippen molar-refractivity contribution >= 4 is 28.5 Å². The number of esters is 1. The monoisotopic (exact) mass is 518 g/mol. The number of hydrogen-bond donors (Lipinski definition) is 2. The van der Waals surface area contributed by atoms with Crippen LogP contribution in [0.3, 0.4) is 0 Å². The van der Waals surface area contributed by atoms with Crippen LogP contribution in [0.5, 0.6) is 0 Å². The minimum atomic E-state index is -2.10. The molecule has 34 heavy (non-hydrogen) atoms. The van der Waals surface area contributed by atoms with Gasteiger partial charge >= 0.3 is 5.97 Å². The van der Waals surface area contributed by atoms with Gasteiger partial charge in [0.2, 0.25) is 5.91 Å². The molecule has 1 unspecified atom stereocenters. The van der Waals surface area contributed by atoms with Crippen LogP contribution in [0.4, 0.5) is 0 Å². The molecule has 8 nitrogen and oxygen atoms in total. The Labute approximate surface area is 209 Å². The van der Waals surface area contributed by atoms with Gasteiger partial charge in [0.15, 0.2) is 16.6 Å². The van der Waals surface area contributed by atoms with E-state index in [0.717, 1.165) is 36.3 Å². The van der Waals surface area contributed by atoms with E-state index in [1.807, 2.05) is 0 Å². The van der Waals surface area contributed by atoms with Gasteiger partial charge in [-0.2, -0.15) is 0 Å². The van der Waals surface area contributed by atoms with Crippen molar-refractivity contribution < 1.29 is 27.9 Å². The van der Waals surface area contributed by atoms with Gasteiger partial charge in [0.1, 0.15) is 0 Å². The quantitative estimate of drug-likeness (QED) is 0.249. The molecule has 1 heterocycles. The first kappa shape index (κ1) is 31.2. The van der Waals surface area contributed by atoms with E-state index in [2.05, 4.69) is 46.9 Å². The van der Waals surface area contributed by atoms with Crippen LogP contribution in [0.15, 0.2) is 0 Å². The average Bonchev–Trinajstić information content (AvgIpc) is 2.83. The number of hydrogen-bond acceptors (Lipinski definition) is 7. The summed E-state index contributed by atoms with van der Waals surface area (Å²) in [5.41, 5.74) is 6.22.